The van der Waals surface area contributed by atoms with Gasteiger partial charge in [0, 0.05) is 19.3 Å². The van der Waals surface area contributed by atoms with Crippen molar-refractivity contribution in [1.29, 1.82) is 0 Å². The summed E-state index contributed by atoms with van der Waals surface area (Å²) in [5.41, 5.74) is 3.88. The van der Waals surface area contributed by atoms with Gasteiger partial charge >= 0.3 is 0 Å². The maximum Gasteiger partial charge on any atom is 0.252 e. The first kappa shape index (κ1) is 27.5. The number of nitrogens with two attached hydrogens (primary N) is 1. The van der Waals surface area contributed by atoms with Crippen LogP contribution in [0.2, 0.25) is 0 Å². The number of aliphatic hydroxyl groups excluding tert-OH is 2. The SMILES string of the molecule is CN[C@@H](CC(C)C)C(=O)N[C@@H]1C[C@@](O)(C(=O)N[C@@H](Cc2ccc(O)cc2)C(N)=O)C[C@@H](O)[C@@H]1O. The lowest BCUT2D eigenvalue weighted by Crippen LogP contribution is -2.65. The summed E-state index contributed by atoms with van der Waals surface area (Å²) >= 11 is 0. The number of carbonyl (C=O) groups is 3. The van der Waals surface area contributed by atoms with E-state index >= 15 is 0 Å². The van der Waals surface area contributed by atoms with Gasteiger partial charge in [0.2, 0.25) is 11.8 Å². The number of aliphatic hydroxyl groups is 3. The minimum Gasteiger partial charge on any atom is -0.508 e. The molecule has 34 heavy (non-hydrogen) atoms. The van der Waals surface area contributed by atoms with Crippen LogP contribution in [0.4, 0.5) is 0 Å². The van der Waals surface area contributed by atoms with E-state index in [4.69, 9.17) is 5.73 Å². The van der Waals surface area contributed by atoms with Crippen molar-refractivity contribution in [2.24, 2.45) is 11.7 Å². The zero-order chi connectivity index (χ0) is 25.6. The molecule has 1 aliphatic carbocycles. The van der Waals surface area contributed by atoms with Crippen LogP contribution < -0.4 is 21.7 Å². The van der Waals surface area contributed by atoms with Crippen LogP contribution in [0.1, 0.15) is 38.7 Å². The molecule has 0 bridgehead atoms. The van der Waals surface area contributed by atoms with Crippen LogP contribution >= 0.6 is 0 Å². The predicted octanol–water partition coefficient (Wildman–Crippen LogP) is -1.73. The van der Waals surface area contributed by atoms with E-state index in [0.29, 0.717) is 12.0 Å². The maximum atomic E-state index is 13.0. The second-order valence-electron chi connectivity index (χ2n) is 9.38. The van der Waals surface area contributed by atoms with Crippen LogP contribution in [0.5, 0.6) is 5.75 Å². The number of amides is 3. The number of aromatic hydroxyl groups is 1. The molecule has 0 aliphatic heterocycles. The molecule has 6 atom stereocenters. The van der Waals surface area contributed by atoms with Crippen LogP contribution in [0.25, 0.3) is 0 Å². The molecular weight excluding hydrogens is 444 g/mol. The minimum atomic E-state index is -2.16. The Balaban J connectivity index is 2.13. The first-order valence-electron chi connectivity index (χ1n) is 11.3. The summed E-state index contributed by atoms with van der Waals surface area (Å²) in [7, 11) is 1.63. The number of carbonyl (C=O) groups excluding carboxylic acids is 3. The van der Waals surface area contributed by atoms with Gasteiger partial charge in [0.1, 0.15) is 23.5 Å². The molecule has 1 aromatic carbocycles. The van der Waals surface area contributed by atoms with Crippen LogP contribution in [0.15, 0.2) is 24.3 Å². The number of phenolic OH excluding ortho intramolecular Hbond substituents is 1. The summed E-state index contributed by atoms with van der Waals surface area (Å²) < 4.78 is 0. The molecule has 11 heteroatoms. The molecule has 0 unspecified atom stereocenters. The van der Waals surface area contributed by atoms with Gasteiger partial charge in [-0.3, -0.25) is 14.4 Å². The van der Waals surface area contributed by atoms with Gasteiger partial charge in [-0.1, -0.05) is 26.0 Å². The molecule has 9 N–H and O–H groups in total. The molecule has 11 nitrogen and oxygen atoms in total. The molecule has 2 rings (SSSR count). The molecule has 0 radical (unpaired) electrons. The average Bonchev–Trinajstić information content (AvgIpc) is 2.76. The molecular formula is C23H36N4O7. The second kappa shape index (κ2) is 11.6. The predicted molar refractivity (Wildman–Crippen MR) is 123 cm³/mol. The third-order valence-electron chi connectivity index (χ3n) is 6.06. The number of hydrogen-bond acceptors (Lipinski definition) is 8. The van der Waals surface area contributed by atoms with Gasteiger partial charge in [-0.05, 0) is 37.1 Å². The fraction of sp³-hybridized carbons (Fsp3) is 0.609. The van der Waals surface area contributed by atoms with E-state index in [2.05, 4.69) is 16.0 Å². The number of phenols is 1. The first-order chi connectivity index (χ1) is 15.9. The summed E-state index contributed by atoms with van der Waals surface area (Å²) in [6, 6.07) is 3.15. The summed E-state index contributed by atoms with van der Waals surface area (Å²) in [5.74, 6) is -1.97. The number of likely N-dealkylation sites (N-methyl/N-ethyl adjacent to an activating group) is 1. The standard InChI is InChI=1S/C23H36N4O7/c1-12(2)8-16(25-3)21(32)26-17-10-23(34,11-18(29)19(17)30)22(33)27-15(20(24)31)9-13-4-6-14(28)7-5-13/h4-7,12,15-19,25,28-30,34H,8-11H2,1-3H3,(H2,24,31)(H,26,32)(H,27,33)/t15-,16-,17+,18+,19+,23-/m0/s1. The zero-order valence-corrected chi connectivity index (χ0v) is 19.7. The Morgan fingerprint density at radius 3 is 2.26 bits per heavy atom. The highest BCUT2D eigenvalue weighted by Crippen LogP contribution is 2.30. The number of benzene rings is 1. The average molecular weight is 481 g/mol. The van der Waals surface area contributed by atoms with Gasteiger partial charge in [0.15, 0.2) is 0 Å². The minimum absolute atomic E-state index is 0.0157. The van der Waals surface area contributed by atoms with Crippen molar-refractivity contribution in [2.75, 3.05) is 7.05 Å². The monoisotopic (exact) mass is 480 g/mol. The smallest absolute Gasteiger partial charge is 0.252 e. The molecule has 190 valence electrons. The van der Waals surface area contributed by atoms with Gasteiger partial charge < -0.3 is 42.1 Å². The Kier molecular flexibility index (Phi) is 9.39. The molecule has 0 aromatic heterocycles. The molecule has 3 amide bonds. The molecule has 1 aliphatic rings. The Hall–Kier alpha value is -2.73. The number of rotatable bonds is 10. The number of hydrogen-bond donors (Lipinski definition) is 8. The summed E-state index contributed by atoms with van der Waals surface area (Å²) in [5, 5.41) is 49.1. The molecule has 0 heterocycles. The highest BCUT2D eigenvalue weighted by molar-refractivity contribution is 5.91. The van der Waals surface area contributed by atoms with E-state index in [1.54, 1.807) is 19.2 Å². The summed E-state index contributed by atoms with van der Waals surface area (Å²) in [6.45, 7) is 3.90. The highest BCUT2D eigenvalue weighted by atomic mass is 16.3. The van der Waals surface area contributed by atoms with Crippen molar-refractivity contribution in [3.05, 3.63) is 29.8 Å². The first-order valence-corrected chi connectivity index (χ1v) is 11.3. The Labute approximate surface area is 198 Å². The van der Waals surface area contributed by atoms with Gasteiger partial charge in [0.25, 0.3) is 5.91 Å². The van der Waals surface area contributed by atoms with Crippen molar-refractivity contribution in [3.8, 4) is 5.75 Å². The van der Waals surface area contributed by atoms with E-state index in [-0.39, 0.29) is 24.5 Å². The fourth-order valence-corrected chi connectivity index (χ4v) is 4.12. The van der Waals surface area contributed by atoms with Crippen molar-refractivity contribution >= 4 is 17.7 Å². The molecule has 1 aromatic rings. The van der Waals surface area contributed by atoms with Crippen LogP contribution in [-0.2, 0) is 20.8 Å². The third kappa shape index (κ3) is 7.13. The van der Waals surface area contributed by atoms with Gasteiger partial charge in [0.05, 0.1) is 18.2 Å². The van der Waals surface area contributed by atoms with Gasteiger partial charge in [-0.2, -0.15) is 0 Å². The molecule has 1 fully saturated rings. The Morgan fingerprint density at radius 1 is 1.12 bits per heavy atom. The lowest BCUT2D eigenvalue weighted by atomic mass is 9.77. The van der Waals surface area contributed by atoms with Crippen molar-refractivity contribution in [1.82, 2.24) is 16.0 Å². The fourth-order valence-electron chi connectivity index (χ4n) is 4.12. The Morgan fingerprint density at radius 2 is 1.74 bits per heavy atom. The number of primary amides is 1. The molecule has 0 saturated heterocycles. The van der Waals surface area contributed by atoms with E-state index in [1.165, 1.54) is 12.1 Å². The van der Waals surface area contributed by atoms with E-state index in [1.807, 2.05) is 13.8 Å². The van der Waals surface area contributed by atoms with Crippen LogP contribution in [0.3, 0.4) is 0 Å². The highest BCUT2D eigenvalue weighted by Gasteiger charge is 2.50. The maximum absolute atomic E-state index is 13.0. The molecule has 1 saturated carbocycles. The van der Waals surface area contributed by atoms with Gasteiger partial charge in [-0.15, -0.1) is 0 Å². The normalized spacial score (nSPS) is 26.5. The Bertz CT molecular complexity index is 863. The summed E-state index contributed by atoms with van der Waals surface area (Å²) in [6.07, 6.45) is -3.20. The lowest BCUT2D eigenvalue weighted by Gasteiger charge is -2.42. The van der Waals surface area contributed by atoms with Crippen molar-refractivity contribution in [2.45, 2.75) is 75.5 Å². The second-order valence-corrected chi connectivity index (χ2v) is 9.38. The molecule has 0 spiro atoms. The van der Waals surface area contributed by atoms with Crippen molar-refractivity contribution in [3.63, 3.8) is 0 Å². The van der Waals surface area contributed by atoms with E-state index in [9.17, 15) is 34.8 Å². The topological polar surface area (TPSA) is 194 Å². The zero-order valence-electron chi connectivity index (χ0n) is 19.7. The third-order valence-corrected chi connectivity index (χ3v) is 6.06. The van der Waals surface area contributed by atoms with Crippen molar-refractivity contribution < 1.29 is 34.8 Å². The van der Waals surface area contributed by atoms with Crippen LogP contribution in [0, 0.1) is 5.92 Å². The largest absolute Gasteiger partial charge is 0.508 e. The lowest BCUT2D eigenvalue weighted by molar-refractivity contribution is -0.160. The van der Waals surface area contributed by atoms with E-state index in [0.717, 1.165) is 0 Å². The van der Waals surface area contributed by atoms with Gasteiger partial charge in [-0.25, -0.2) is 0 Å². The summed E-state index contributed by atoms with van der Waals surface area (Å²) in [4.78, 5) is 37.6. The van der Waals surface area contributed by atoms with E-state index < -0.39 is 60.1 Å². The van der Waals surface area contributed by atoms with Crippen LogP contribution in [-0.4, -0.2) is 81.1 Å². The number of nitrogens with one attached hydrogen (secondary N) is 3. The quantitative estimate of drug-likeness (QED) is 0.193.